The van der Waals surface area contributed by atoms with E-state index in [2.05, 4.69) is 10.4 Å². The van der Waals surface area contributed by atoms with Crippen molar-refractivity contribution in [3.63, 3.8) is 0 Å². The average Bonchev–Trinajstić information content (AvgIpc) is 2.29. The van der Waals surface area contributed by atoms with E-state index in [9.17, 15) is 0 Å². The van der Waals surface area contributed by atoms with Crippen molar-refractivity contribution < 1.29 is 4.74 Å². The van der Waals surface area contributed by atoms with E-state index in [0.29, 0.717) is 17.5 Å². The number of hydrogen-bond donors (Lipinski definition) is 2. The monoisotopic (exact) mass is 168 g/mol. The quantitative estimate of drug-likeness (QED) is 0.508. The van der Waals surface area contributed by atoms with E-state index in [4.69, 9.17) is 10.1 Å². The Hall–Kier alpha value is -1.52. The molecule has 12 heavy (non-hydrogen) atoms. The largest absolute Gasteiger partial charge is 0.481 e. The van der Waals surface area contributed by atoms with Gasteiger partial charge in [0.2, 0.25) is 5.88 Å². The Bertz CT molecular complexity index is 292. The molecule has 0 unspecified atom stereocenters. The van der Waals surface area contributed by atoms with Crippen LogP contribution in [-0.2, 0) is 7.05 Å². The van der Waals surface area contributed by atoms with Crippen LogP contribution in [0.4, 0.5) is 5.82 Å². The fourth-order valence-electron chi connectivity index (χ4n) is 0.894. The molecule has 1 heterocycles. The lowest BCUT2D eigenvalue weighted by atomic mass is 10.5. The number of aryl methyl sites for hydroxylation is 1. The molecule has 0 bridgehead atoms. The number of methoxy groups -OCH3 is 1. The average molecular weight is 168 g/mol. The highest BCUT2D eigenvalue weighted by Gasteiger charge is 2.03. The van der Waals surface area contributed by atoms with Crippen LogP contribution in [0.15, 0.2) is 6.07 Å². The summed E-state index contributed by atoms with van der Waals surface area (Å²) >= 11 is 0. The second-order valence-electron chi connectivity index (χ2n) is 2.45. The summed E-state index contributed by atoms with van der Waals surface area (Å²) in [6.45, 7) is 1.65. The Morgan fingerprint density at radius 2 is 2.42 bits per heavy atom. The molecular formula is C7H12N4O. The summed E-state index contributed by atoms with van der Waals surface area (Å²) in [7, 11) is 3.36. The van der Waals surface area contributed by atoms with Crippen molar-refractivity contribution in [1.82, 2.24) is 9.78 Å². The van der Waals surface area contributed by atoms with E-state index in [-0.39, 0.29) is 0 Å². The first-order valence-corrected chi connectivity index (χ1v) is 3.53. The van der Waals surface area contributed by atoms with E-state index in [1.165, 1.54) is 0 Å². The Morgan fingerprint density at radius 3 is 2.83 bits per heavy atom. The maximum atomic E-state index is 7.17. The molecule has 0 aliphatic carbocycles. The molecule has 0 aliphatic heterocycles. The number of nitrogens with zero attached hydrogens (tertiary/aromatic N) is 2. The summed E-state index contributed by atoms with van der Waals surface area (Å²) in [6.07, 6.45) is 0. The highest BCUT2D eigenvalue weighted by molar-refractivity contribution is 5.90. The Labute approximate surface area is 70.8 Å². The van der Waals surface area contributed by atoms with Gasteiger partial charge in [-0.1, -0.05) is 0 Å². The van der Waals surface area contributed by atoms with Crippen molar-refractivity contribution >= 4 is 11.7 Å². The van der Waals surface area contributed by atoms with Crippen LogP contribution >= 0.6 is 0 Å². The van der Waals surface area contributed by atoms with Gasteiger partial charge in [-0.3, -0.25) is 5.41 Å². The first-order chi connectivity index (χ1) is 5.63. The third-order valence-corrected chi connectivity index (χ3v) is 1.36. The first-order valence-electron chi connectivity index (χ1n) is 3.53. The van der Waals surface area contributed by atoms with Gasteiger partial charge < -0.3 is 10.1 Å². The zero-order valence-electron chi connectivity index (χ0n) is 7.38. The third kappa shape index (κ3) is 1.75. The lowest BCUT2D eigenvalue weighted by Crippen LogP contribution is -2.05. The van der Waals surface area contributed by atoms with Crippen LogP contribution in [0, 0.1) is 5.41 Å². The van der Waals surface area contributed by atoms with Gasteiger partial charge in [0.05, 0.1) is 12.9 Å². The lowest BCUT2D eigenvalue weighted by molar-refractivity contribution is 0.373. The van der Waals surface area contributed by atoms with Crippen molar-refractivity contribution in [3.05, 3.63) is 6.07 Å². The van der Waals surface area contributed by atoms with E-state index >= 15 is 0 Å². The molecule has 0 atom stereocenters. The van der Waals surface area contributed by atoms with Crippen LogP contribution in [0.1, 0.15) is 6.92 Å². The van der Waals surface area contributed by atoms with Gasteiger partial charge >= 0.3 is 0 Å². The fourth-order valence-corrected chi connectivity index (χ4v) is 0.894. The second-order valence-corrected chi connectivity index (χ2v) is 2.45. The topological polar surface area (TPSA) is 62.9 Å². The minimum Gasteiger partial charge on any atom is -0.481 e. The summed E-state index contributed by atoms with van der Waals surface area (Å²) < 4.78 is 6.60. The summed E-state index contributed by atoms with van der Waals surface area (Å²) in [5.74, 6) is 1.65. The Balaban J connectivity index is 2.82. The van der Waals surface area contributed by atoms with E-state index in [0.717, 1.165) is 0 Å². The summed E-state index contributed by atoms with van der Waals surface area (Å²) in [5, 5.41) is 14.0. The van der Waals surface area contributed by atoms with Gasteiger partial charge in [0.1, 0.15) is 0 Å². The number of ether oxygens (including phenoxy) is 1. The van der Waals surface area contributed by atoms with E-state index in [1.54, 1.807) is 31.8 Å². The molecule has 0 saturated carbocycles. The van der Waals surface area contributed by atoms with Gasteiger partial charge in [-0.05, 0) is 6.92 Å². The van der Waals surface area contributed by atoms with Gasteiger partial charge in [0.25, 0.3) is 0 Å². The molecule has 0 fully saturated rings. The number of hydrogen-bond acceptors (Lipinski definition) is 3. The maximum absolute atomic E-state index is 7.17. The van der Waals surface area contributed by atoms with Crippen molar-refractivity contribution in [2.45, 2.75) is 6.92 Å². The summed E-state index contributed by atoms with van der Waals surface area (Å²) in [4.78, 5) is 0. The second kappa shape index (κ2) is 3.25. The molecule has 0 aliphatic rings. The molecule has 0 spiro atoms. The number of amidine groups is 1. The van der Waals surface area contributed by atoms with Gasteiger partial charge in [-0.2, -0.15) is 5.10 Å². The van der Waals surface area contributed by atoms with Gasteiger partial charge in [0, 0.05) is 13.1 Å². The standard InChI is InChI=1S/C7H12N4O/c1-5(8)9-6-4-7(12-3)11(2)10-6/h4H,1-3H3,(H2,8,9,10). The molecule has 1 aromatic rings. The predicted molar refractivity (Wildman–Crippen MR) is 46.8 cm³/mol. The molecule has 0 saturated heterocycles. The predicted octanol–water partition coefficient (Wildman–Crippen LogP) is 0.838. The Morgan fingerprint density at radius 1 is 1.75 bits per heavy atom. The number of nitrogens with one attached hydrogen (secondary N) is 2. The van der Waals surface area contributed by atoms with Crippen LogP contribution in [-0.4, -0.2) is 22.7 Å². The van der Waals surface area contributed by atoms with Gasteiger partial charge in [0.15, 0.2) is 5.82 Å². The van der Waals surface area contributed by atoms with Crippen LogP contribution in [0.25, 0.3) is 0 Å². The minimum absolute atomic E-state index is 0.357. The van der Waals surface area contributed by atoms with Crippen LogP contribution < -0.4 is 10.1 Å². The summed E-state index contributed by atoms with van der Waals surface area (Å²) in [5.41, 5.74) is 0. The number of aromatic nitrogens is 2. The molecule has 5 heteroatoms. The SMILES string of the molecule is COc1cc(NC(C)=N)nn1C. The van der Waals surface area contributed by atoms with E-state index < -0.39 is 0 Å². The molecule has 0 radical (unpaired) electrons. The molecule has 66 valence electrons. The zero-order valence-corrected chi connectivity index (χ0v) is 7.38. The number of rotatable bonds is 2. The minimum atomic E-state index is 0.357. The van der Waals surface area contributed by atoms with Crippen molar-refractivity contribution in [1.29, 1.82) is 5.41 Å². The molecule has 5 nitrogen and oxygen atoms in total. The van der Waals surface area contributed by atoms with E-state index in [1.807, 2.05) is 0 Å². The summed E-state index contributed by atoms with van der Waals surface area (Å²) in [6, 6.07) is 1.73. The molecule has 1 rings (SSSR count). The highest BCUT2D eigenvalue weighted by atomic mass is 16.5. The zero-order chi connectivity index (χ0) is 9.14. The maximum Gasteiger partial charge on any atom is 0.213 e. The molecular weight excluding hydrogens is 156 g/mol. The Kier molecular flexibility index (Phi) is 2.32. The van der Waals surface area contributed by atoms with Crippen LogP contribution in [0.3, 0.4) is 0 Å². The normalized spacial score (nSPS) is 9.58. The fraction of sp³-hybridized carbons (Fsp3) is 0.429. The van der Waals surface area contributed by atoms with Crippen LogP contribution in [0.5, 0.6) is 5.88 Å². The lowest BCUT2D eigenvalue weighted by Gasteiger charge is -1.95. The van der Waals surface area contributed by atoms with Crippen molar-refractivity contribution in [2.75, 3.05) is 12.4 Å². The molecule has 1 aromatic heterocycles. The van der Waals surface area contributed by atoms with Crippen LogP contribution in [0.2, 0.25) is 0 Å². The van der Waals surface area contributed by atoms with Gasteiger partial charge in [-0.15, -0.1) is 0 Å². The first kappa shape index (κ1) is 8.58. The highest BCUT2D eigenvalue weighted by Crippen LogP contribution is 2.14. The number of anilines is 1. The van der Waals surface area contributed by atoms with Crippen molar-refractivity contribution in [2.24, 2.45) is 7.05 Å². The molecule has 0 aromatic carbocycles. The molecule has 2 N–H and O–H groups in total. The third-order valence-electron chi connectivity index (χ3n) is 1.36. The van der Waals surface area contributed by atoms with Gasteiger partial charge in [-0.25, -0.2) is 4.68 Å². The molecule has 0 amide bonds. The smallest absolute Gasteiger partial charge is 0.213 e. The van der Waals surface area contributed by atoms with Crippen molar-refractivity contribution in [3.8, 4) is 5.88 Å².